The third-order valence-corrected chi connectivity index (χ3v) is 10.4. The van der Waals surface area contributed by atoms with Crippen molar-refractivity contribution < 1.29 is 38.1 Å². The van der Waals surface area contributed by atoms with Crippen molar-refractivity contribution in [1.82, 2.24) is 20.4 Å². The molecule has 2 saturated heterocycles. The van der Waals surface area contributed by atoms with Crippen molar-refractivity contribution in [3.05, 3.63) is 45.4 Å². The lowest BCUT2D eigenvalue weighted by molar-refractivity contribution is -0.127. The molecule has 16 heteroatoms. The van der Waals surface area contributed by atoms with E-state index in [1.165, 1.54) is 38.5 Å². The number of hydrogen-bond donors (Lipinski definition) is 4. The van der Waals surface area contributed by atoms with E-state index in [0.29, 0.717) is 49.1 Å². The van der Waals surface area contributed by atoms with E-state index in [1.54, 1.807) is 0 Å². The molecular formula is C37H52Cl2N6O8. The molecule has 2 aromatic carbocycles. The van der Waals surface area contributed by atoms with E-state index < -0.39 is 11.9 Å². The predicted molar refractivity (Wildman–Crippen MR) is 204 cm³/mol. The van der Waals surface area contributed by atoms with Gasteiger partial charge < -0.3 is 41.0 Å². The van der Waals surface area contributed by atoms with Crippen molar-refractivity contribution in [2.24, 2.45) is 11.8 Å². The quantitative estimate of drug-likeness (QED) is 0.0969. The SMILES string of the molecule is COc1cc(N)c(Cl)cc1C(=O)OCCN1CCC(C(=O)NCCCCCNC(=O)C2CCN(CCOC(=O)c3cc(Cl)c(N)cc3OC)CC2)CC1. The maximum Gasteiger partial charge on any atom is 0.342 e. The van der Waals surface area contributed by atoms with Gasteiger partial charge in [0.05, 0.1) is 35.6 Å². The average molecular weight is 780 g/mol. The van der Waals surface area contributed by atoms with Crippen molar-refractivity contribution in [1.29, 1.82) is 0 Å². The van der Waals surface area contributed by atoms with Crippen LogP contribution in [0.5, 0.6) is 11.5 Å². The van der Waals surface area contributed by atoms with E-state index in [9.17, 15) is 19.2 Å². The van der Waals surface area contributed by atoms with Crippen LogP contribution in [0.2, 0.25) is 10.0 Å². The standard InChI is InChI=1S/C37H52Cl2N6O8/c1-50-32-22-30(40)28(38)20-26(32)36(48)52-18-16-44-12-6-24(7-13-44)34(46)42-10-4-3-5-11-43-35(47)25-8-14-45(15-9-25)17-19-53-37(49)27-21-29(39)31(41)23-33(27)51-2/h20-25H,3-19,40-41H2,1-2H3,(H,42,46)(H,43,47). The van der Waals surface area contributed by atoms with Gasteiger partial charge in [-0.1, -0.05) is 23.2 Å². The van der Waals surface area contributed by atoms with Crippen LogP contribution in [-0.4, -0.2) is 113 Å². The number of ether oxygens (including phenoxy) is 4. The molecule has 0 aromatic heterocycles. The molecule has 2 aliphatic heterocycles. The molecule has 2 fully saturated rings. The molecule has 0 unspecified atom stereocenters. The van der Waals surface area contributed by atoms with Crippen molar-refractivity contribution in [3.8, 4) is 11.5 Å². The summed E-state index contributed by atoms with van der Waals surface area (Å²) in [5, 5.41) is 6.64. The third kappa shape index (κ3) is 12.5. The van der Waals surface area contributed by atoms with E-state index in [0.717, 1.165) is 71.1 Å². The molecule has 292 valence electrons. The topological polar surface area (TPSA) is 188 Å². The Hall–Kier alpha value is -3.98. The van der Waals surface area contributed by atoms with E-state index >= 15 is 0 Å². The lowest BCUT2D eigenvalue weighted by atomic mass is 9.96. The van der Waals surface area contributed by atoms with Crippen molar-refractivity contribution >= 4 is 58.3 Å². The van der Waals surface area contributed by atoms with Gasteiger partial charge in [-0.3, -0.25) is 19.4 Å². The number of rotatable bonds is 18. The van der Waals surface area contributed by atoms with Crippen LogP contribution in [0.3, 0.4) is 0 Å². The van der Waals surface area contributed by atoms with Crippen molar-refractivity contribution in [2.75, 3.05) is 91.3 Å². The number of carbonyl (C=O) groups excluding carboxylic acids is 4. The molecule has 53 heavy (non-hydrogen) atoms. The van der Waals surface area contributed by atoms with Gasteiger partial charge >= 0.3 is 11.9 Å². The van der Waals surface area contributed by atoms with E-state index in [2.05, 4.69) is 20.4 Å². The van der Waals surface area contributed by atoms with Gasteiger partial charge in [0, 0.05) is 50.1 Å². The second-order valence-electron chi connectivity index (χ2n) is 13.3. The number of esters is 2. The fraction of sp³-hybridized carbons (Fsp3) is 0.568. The number of amides is 2. The van der Waals surface area contributed by atoms with Crippen LogP contribution < -0.4 is 31.6 Å². The van der Waals surface area contributed by atoms with Gasteiger partial charge in [0.2, 0.25) is 11.8 Å². The van der Waals surface area contributed by atoms with Crippen molar-refractivity contribution in [2.45, 2.75) is 44.9 Å². The van der Waals surface area contributed by atoms with E-state index in [4.69, 9.17) is 53.6 Å². The van der Waals surface area contributed by atoms with Crippen molar-refractivity contribution in [3.63, 3.8) is 0 Å². The highest BCUT2D eigenvalue weighted by Gasteiger charge is 2.27. The zero-order valence-corrected chi connectivity index (χ0v) is 32.1. The highest BCUT2D eigenvalue weighted by molar-refractivity contribution is 6.34. The van der Waals surface area contributed by atoms with Gasteiger partial charge in [0.1, 0.15) is 35.8 Å². The second kappa shape index (κ2) is 21.0. The Kier molecular flexibility index (Phi) is 16.6. The molecular weight excluding hydrogens is 727 g/mol. The number of methoxy groups -OCH3 is 2. The van der Waals surface area contributed by atoms with E-state index in [-0.39, 0.29) is 58.0 Å². The van der Waals surface area contributed by atoms with Crippen LogP contribution in [0, 0.1) is 11.8 Å². The minimum atomic E-state index is -0.530. The number of hydrogen-bond acceptors (Lipinski definition) is 12. The Labute approximate surface area is 321 Å². The second-order valence-corrected chi connectivity index (χ2v) is 14.1. The number of nitrogens with two attached hydrogens (primary N) is 2. The fourth-order valence-electron chi connectivity index (χ4n) is 6.46. The molecule has 2 aliphatic rings. The highest BCUT2D eigenvalue weighted by Crippen LogP contribution is 2.30. The third-order valence-electron chi connectivity index (χ3n) is 9.73. The first-order valence-corrected chi connectivity index (χ1v) is 18.9. The average Bonchev–Trinajstić information content (AvgIpc) is 3.16. The molecule has 0 spiro atoms. The van der Waals surface area contributed by atoms with Gasteiger partial charge in [-0.15, -0.1) is 0 Å². The monoisotopic (exact) mass is 778 g/mol. The fourth-order valence-corrected chi connectivity index (χ4v) is 6.79. The van der Waals surface area contributed by atoms with Crippen LogP contribution in [0.25, 0.3) is 0 Å². The summed E-state index contributed by atoms with van der Waals surface area (Å²) in [6.07, 6.45) is 5.57. The molecule has 0 atom stereocenters. The minimum Gasteiger partial charge on any atom is -0.496 e. The number of nitrogens with zero attached hydrogens (tertiary/aromatic N) is 2. The Bertz CT molecular complexity index is 1450. The largest absolute Gasteiger partial charge is 0.496 e. The minimum absolute atomic E-state index is 0.0333. The maximum atomic E-state index is 12.7. The number of likely N-dealkylation sites (tertiary alicyclic amines) is 2. The van der Waals surface area contributed by atoms with Gasteiger partial charge in [-0.2, -0.15) is 0 Å². The molecule has 0 bridgehead atoms. The lowest BCUT2D eigenvalue weighted by Crippen LogP contribution is -2.42. The Morgan fingerprint density at radius 1 is 0.660 bits per heavy atom. The summed E-state index contributed by atoms with van der Waals surface area (Å²) in [6.45, 7) is 5.77. The number of nitrogen functional groups attached to an aromatic ring is 2. The van der Waals surface area contributed by atoms with Gasteiger partial charge in [-0.25, -0.2) is 9.59 Å². The first-order chi connectivity index (χ1) is 25.5. The lowest BCUT2D eigenvalue weighted by Gasteiger charge is -2.31. The summed E-state index contributed by atoms with van der Waals surface area (Å²) >= 11 is 12.1. The summed E-state index contributed by atoms with van der Waals surface area (Å²) < 4.78 is 21.3. The first kappa shape index (κ1) is 41.8. The van der Waals surface area contributed by atoms with Crippen LogP contribution in [0.1, 0.15) is 65.7 Å². The number of benzene rings is 2. The molecule has 0 saturated carbocycles. The number of unbranched alkanes of at least 4 members (excludes halogenated alkanes) is 2. The first-order valence-electron chi connectivity index (χ1n) is 18.1. The summed E-state index contributed by atoms with van der Waals surface area (Å²) in [5.74, 6) is -0.361. The van der Waals surface area contributed by atoms with E-state index in [1.807, 2.05) is 0 Å². The molecule has 0 aliphatic carbocycles. The van der Waals surface area contributed by atoms with Gasteiger partial charge in [-0.05, 0) is 83.3 Å². The summed E-state index contributed by atoms with van der Waals surface area (Å²) in [6, 6.07) is 5.88. The molecule has 14 nitrogen and oxygen atoms in total. The number of piperidine rings is 2. The zero-order valence-electron chi connectivity index (χ0n) is 30.6. The number of nitrogens with one attached hydrogen (secondary N) is 2. The van der Waals surface area contributed by atoms with Crippen LogP contribution in [0.4, 0.5) is 11.4 Å². The molecule has 2 heterocycles. The smallest absolute Gasteiger partial charge is 0.342 e. The molecule has 6 N–H and O–H groups in total. The summed E-state index contributed by atoms with van der Waals surface area (Å²) in [4.78, 5) is 54.9. The summed E-state index contributed by atoms with van der Waals surface area (Å²) in [7, 11) is 2.90. The zero-order chi connectivity index (χ0) is 38.3. The number of halogens is 2. The Morgan fingerprint density at radius 3 is 1.40 bits per heavy atom. The van der Waals surface area contributed by atoms with Crippen LogP contribution in [-0.2, 0) is 19.1 Å². The molecule has 4 rings (SSSR count). The maximum absolute atomic E-state index is 12.7. The number of carbonyl (C=O) groups is 4. The van der Waals surface area contributed by atoms with Crippen LogP contribution in [0.15, 0.2) is 24.3 Å². The molecule has 0 radical (unpaired) electrons. The molecule has 2 amide bonds. The Balaban J connectivity index is 0.991. The number of anilines is 2. The molecule has 2 aromatic rings. The Morgan fingerprint density at radius 2 is 1.04 bits per heavy atom. The van der Waals surface area contributed by atoms with Crippen LogP contribution >= 0.6 is 23.2 Å². The highest BCUT2D eigenvalue weighted by atomic mass is 35.5. The van der Waals surface area contributed by atoms with Gasteiger partial charge in [0.25, 0.3) is 0 Å². The predicted octanol–water partition coefficient (Wildman–Crippen LogP) is 4.02. The normalized spacial score (nSPS) is 15.8. The summed E-state index contributed by atoms with van der Waals surface area (Å²) in [5.41, 5.74) is 12.7. The van der Waals surface area contributed by atoms with Gasteiger partial charge in [0.15, 0.2) is 0 Å².